The van der Waals surface area contributed by atoms with Crippen molar-refractivity contribution in [2.75, 3.05) is 5.33 Å². The van der Waals surface area contributed by atoms with E-state index in [9.17, 15) is 14.7 Å². The highest BCUT2D eigenvalue weighted by Gasteiger charge is 2.59. The number of benzene rings is 2. The summed E-state index contributed by atoms with van der Waals surface area (Å²) >= 11 is 3.17. The number of carbonyl (C=O) groups is 2. The summed E-state index contributed by atoms with van der Waals surface area (Å²) in [5, 5.41) is 10.9. The fraction of sp³-hybridized carbons (Fsp3) is 0.481. The molecule has 0 aromatic heterocycles. The molecule has 3 aliphatic rings. The van der Waals surface area contributed by atoms with Crippen LogP contribution in [-0.2, 0) is 16.0 Å². The van der Waals surface area contributed by atoms with Crippen molar-refractivity contribution in [1.29, 1.82) is 0 Å². The molecule has 2 aromatic carbocycles. The van der Waals surface area contributed by atoms with E-state index in [0.29, 0.717) is 35.5 Å². The van der Waals surface area contributed by atoms with Crippen LogP contribution in [0.1, 0.15) is 60.0 Å². The van der Waals surface area contributed by atoms with Crippen LogP contribution in [-0.4, -0.2) is 34.6 Å². The lowest BCUT2D eigenvalue weighted by atomic mass is 9.55. The predicted octanol–water partition coefficient (Wildman–Crippen LogP) is 5.04. The number of hydrogen-bond donors (Lipinski definition) is 1. The van der Waals surface area contributed by atoms with Crippen molar-refractivity contribution < 1.29 is 24.2 Å². The van der Waals surface area contributed by atoms with Crippen molar-refractivity contribution in [1.82, 2.24) is 0 Å². The van der Waals surface area contributed by atoms with Crippen molar-refractivity contribution in [2.24, 2.45) is 17.3 Å². The van der Waals surface area contributed by atoms with Gasteiger partial charge in [-0.25, -0.2) is 4.79 Å². The lowest BCUT2D eigenvalue weighted by Gasteiger charge is -2.50. The lowest BCUT2D eigenvalue weighted by molar-refractivity contribution is -0.160. The number of halogens is 1. The molecule has 0 amide bonds. The Kier molecular flexibility index (Phi) is 6.08. The summed E-state index contributed by atoms with van der Waals surface area (Å²) in [6.07, 6.45) is 3.50. The molecule has 0 unspecified atom stereocenters. The second kappa shape index (κ2) is 8.88. The highest BCUT2D eigenvalue weighted by molar-refractivity contribution is 9.09. The van der Waals surface area contributed by atoms with Crippen LogP contribution < -0.4 is 4.74 Å². The SMILES string of the molecule is C[C@]12CC[C@@H]3c4ccc(OC(=O)c5ccccc5)cc4CC[C@H]3[C@@H]1C[C@@H](O)[C@@H]2OC(=O)CBr. The average Bonchev–Trinajstić information content (AvgIpc) is 3.09. The fourth-order valence-corrected chi connectivity index (χ4v) is 6.85. The fourth-order valence-electron chi connectivity index (χ4n) is 6.72. The summed E-state index contributed by atoms with van der Waals surface area (Å²) in [5.74, 6) is 1.12. The van der Waals surface area contributed by atoms with Crippen LogP contribution in [0.25, 0.3) is 0 Å². The average molecular weight is 513 g/mol. The Bertz CT molecular complexity index is 1050. The molecule has 5 nitrogen and oxygen atoms in total. The van der Waals surface area contributed by atoms with Gasteiger partial charge in [0.1, 0.15) is 17.2 Å². The summed E-state index contributed by atoms with van der Waals surface area (Å²) in [5.41, 5.74) is 2.93. The number of aliphatic hydroxyl groups is 1. The third-order valence-electron chi connectivity index (χ3n) is 8.22. The first-order valence-electron chi connectivity index (χ1n) is 11.7. The Labute approximate surface area is 202 Å². The number of rotatable bonds is 4. The zero-order valence-corrected chi connectivity index (χ0v) is 20.3. The second-order valence-electron chi connectivity index (χ2n) is 9.92. The normalized spacial score (nSPS) is 32.3. The van der Waals surface area contributed by atoms with Crippen LogP contribution in [0.15, 0.2) is 48.5 Å². The Morgan fingerprint density at radius 2 is 1.94 bits per heavy atom. The van der Waals surface area contributed by atoms with Crippen molar-refractivity contribution in [3.8, 4) is 5.75 Å². The highest BCUT2D eigenvalue weighted by Crippen LogP contribution is 2.61. The van der Waals surface area contributed by atoms with E-state index in [-0.39, 0.29) is 22.7 Å². The van der Waals surface area contributed by atoms with E-state index in [4.69, 9.17) is 9.47 Å². The third-order valence-corrected chi connectivity index (χ3v) is 8.68. The molecule has 0 aliphatic heterocycles. The van der Waals surface area contributed by atoms with Gasteiger partial charge in [0, 0.05) is 5.41 Å². The molecule has 0 bridgehead atoms. The van der Waals surface area contributed by atoms with Gasteiger partial charge >= 0.3 is 11.9 Å². The summed E-state index contributed by atoms with van der Waals surface area (Å²) in [6.45, 7) is 2.19. The van der Waals surface area contributed by atoms with Gasteiger partial charge in [-0.15, -0.1) is 0 Å². The summed E-state index contributed by atoms with van der Waals surface area (Å²) in [4.78, 5) is 24.4. The molecule has 1 N–H and O–H groups in total. The van der Waals surface area contributed by atoms with E-state index in [0.717, 1.165) is 25.7 Å². The van der Waals surface area contributed by atoms with Crippen LogP contribution >= 0.6 is 15.9 Å². The molecule has 0 heterocycles. The minimum absolute atomic E-state index is 0.146. The van der Waals surface area contributed by atoms with E-state index >= 15 is 0 Å². The van der Waals surface area contributed by atoms with Crippen molar-refractivity contribution in [3.63, 3.8) is 0 Å². The van der Waals surface area contributed by atoms with E-state index in [1.165, 1.54) is 11.1 Å². The minimum atomic E-state index is -0.608. The van der Waals surface area contributed by atoms with Crippen LogP contribution in [0.2, 0.25) is 0 Å². The largest absolute Gasteiger partial charge is 0.458 e. The van der Waals surface area contributed by atoms with E-state index in [1.807, 2.05) is 30.3 Å². The van der Waals surface area contributed by atoms with Crippen LogP contribution in [0, 0.1) is 17.3 Å². The zero-order chi connectivity index (χ0) is 23.2. The number of ether oxygens (including phenoxy) is 2. The van der Waals surface area contributed by atoms with Crippen molar-refractivity contribution in [3.05, 3.63) is 65.2 Å². The van der Waals surface area contributed by atoms with E-state index in [2.05, 4.69) is 28.9 Å². The van der Waals surface area contributed by atoms with Crippen molar-refractivity contribution >= 4 is 27.9 Å². The van der Waals surface area contributed by atoms with Gasteiger partial charge in [-0.1, -0.05) is 47.1 Å². The molecule has 5 rings (SSSR count). The molecule has 2 fully saturated rings. The van der Waals surface area contributed by atoms with Gasteiger partial charge in [-0.2, -0.15) is 0 Å². The van der Waals surface area contributed by atoms with Crippen LogP contribution in [0.5, 0.6) is 5.75 Å². The molecule has 2 aromatic rings. The maximum absolute atomic E-state index is 12.4. The standard InChI is InChI=1S/C27H29BrO5/c1-27-12-11-20-19-10-8-18(32-26(31)16-5-3-2-4-6-16)13-17(19)7-9-21(20)22(27)14-23(29)25(27)33-24(30)15-28/h2-6,8,10,13,20-23,25,29H,7,9,11-12,14-15H2,1H3/t20-,21-,22+,23-,25+,27+/m1/s1. The highest BCUT2D eigenvalue weighted by atomic mass is 79.9. The molecule has 0 spiro atoms. The van der Waals surface area contributed by atoms with Gasteiger partial charge in [-0.05, 0) is 85.3 Å². The number of esters is 2. The number of carbonyl (C=O) groups excluding carboxylic acids is 2. The molecule has 174 valence electrons. The maximum atomic E-state index is 12.4. The smallest absolute Gasteiger partial charge is 0.343 e. The minimum Gasteiger partial charge on any atom is -0.458 e. The monoisotopic (exact) mass is 512 g/mol. The first-order valence-corrected chi connectivity index (χ1v) is 12.9. The van der Waals surface area contributed by atoms with Gasteiger partial charge in [0.25, 0.3) is 0 Å². The molecule has 2 saturated carbocycles. The van der Waals surface area contributed by atoms with E-state index < -0.39 is 12.2 Å². The summed E-state index contributed by atoms with van der Waals surface area (Å²) in [6, 6.07) is 15.1. The molecule has 33 heavy (non-hydrogen) atoms. The Balaban J connectivity index is 1.35. The van der Waals surface area contributed by atoms with Crippen molar-refractivity contribution in [2.45, 2.75) is 57.2 Å². The maximum Gasteiger partial charge on any atom is 0.343 e. The van der Waals surface area contributed by atoms with E-state index in [1.54, 1.807) is 12.1 Å². The number of hydrogen-bond acceptors (Lipinski definition) is 5. The van der Waals surface area contributed by atoms with Gasteiger partial charge in [-0.3, -0.25) is 4.79 Å². The molecular formula is C27H29BrO5. The summed E-state index contributed by atoms with van der Waals surface area (Å²) < 4.78 is 11.3. The lowest BCUT2D eigenvalue weighted by Crippen LogP contribution is -2.46. The number of aliphatic hydroxyl groups excluding tert-OH is 1. The number of aryl methyl sites for hydroxylation is 1. The number of fused-ring (bicyclic) bond motifs is 5. The Morgan fingerprint density at radius 3 is 2.70 bits per heavy atom. The van der Waals surface area contributed by atoms with Gasteiger partial charge < -0.3 is 14.6 Å². The molecule has 0 saturated heterocycles. The molecule has 6 heteroatoms. The van der Waals surface area contributed by atoms with Crippen LogP contribution in [0.3, 0.4) is 0 Å². The first-order chi connectivity index (χ1) is 15.9. The van der Waals surface area contributed by atoms with Gasteiger partial charge in [0.05, 0.1) is 11.7 Å². The topological polar surface area (TPSA) is 72.8 Å². The van der Waals surface area contributed by atoms with Gasteiger partial charge in [0.2, 0.25) is 0 Å². The quantitative estimate of drug-likeness (QED) is 0.353. The molecular weight excluding hydrogens is 484 g/mol. The van der Waals surface area contributed by atoms with Crippen LogP contribution in [0.4, 0.5) is 0 Å². The van der Waals surface area contributed by atoms with Gasteiger partial charge in [0.15, 0.2) is 0 Å². The third kappa shape index (κ3) is 4.01. The Morgan fingerprint density at radius 1 is 1.15 bits per heavy atom. The second-order valence-corrected chi connectivity index (χ2v) is 10.5. The first kappa shape index (κ1) is 22.6. The molecule has 6 atom stereocenters. The summed E-state index contributed by atoms with van der Waals surface area (Å²) in [7, 11) is 0. The molecule has 3 aliphatic carbocycles. The Hall–Kier alpha value is -2.18. The zero-order valence-electron chi connectivity index (χ0n) is 18.7. The predicted molar refractivity (Wildman–Crippen MR) is 128 cm³/mol. The molecule has 0 radical (unpaired) electrons. The number of alkyl halides is 1.